The van der Waals surface area contributed by atoms with Crippen LogP contribution in [0.1, 0.15) is 23.7 Å². The first kappa shape index (κ1) is 23.5. The van der Waals surface area contributed by atoms with E-state index in [0.717, 1.165) is 15.8 Å². The summed E-state index contributed by atoms with van der Waals surface area (Å²) in [6.07, 6.45) is 2.11. The molecule has 1 aliphatic rings. The number of carbonyl (C=O) groups is 3. The van der Waals surface area contributed by atoms with E-state index in [4.69, 9.17) is 11.6 Å². The van der Waals surface area contributed by atoms with Crippen LogP contribution in [0.4, 0.5) is 5.69 Å². The third-order valence-electron chi connectivity index (χ3n) is 5.30. The molecule has 170 valence electrons. The van der Waals surface area contributed by atoms with Crippen LogP contribution < -0.4 is 10.2 Å². The second-order valence-electron chi connectivity index (χ2n) is 7.57. The first-order valence-electron chi connectivity index (χ1n) is 10.1. The standard InChI is InChI=1S/C23H19BrClN3O4S/c1-12(33-20-4-6-26-19-11-15(25)2-3-17(19)20)21(29)27-18-5-7-28(22(18)30)16-9-13(23(31)32)8-14(24)10-16/h2-4,6,8-12,18H,5,7H2,1H3,(H,27,29)(H,31,32). The Morgan fingerprint density at radius 1 is 1.27 bits per heavy atom. The van der Waals surface area contributed by atoms with Crippen LogP contribution in [0.15, 0.2) is 58.0 Å². The van der Waals surface area contributed by atoms with Crippen molar-refractivity contribution >= 4 is 73.7 Å². The predicted octanol–water partition coefficient (Wildman–Crippen LogP) is 4.75. The topological polar surface area (TPSA) is 99.6 Å². The van der Waals surface area contributed by atoms with Crippen LogP contribution in [-0.4, -0.2) is 45.7 Å². The van der Waals surface area contributed by atoms with Gasteiger partial charge in [-0.2, -0.15) is 0 Å². The molecule has 0 aliphatic carbocycles. The number of carbonyl (C=O) groups excluding carboxylic acids is 2. The fourth-order valence-electron chi connectivity index (χ4n) is 3.65. The molecule has 1 aliphatic heterocycles. The van der Waals surface area contributed by atoms with Gasteiger partial charge in [-0.3, -0.25) is 14.6 Å². The SMILES string of the molecule is CC(Sc1ccnc2cc(Cl)ccc12)C(=O)NC1CCN(c2cc(Br)cc(C(=O)O)c2)C1=O. The normalized spacial score (nSPS) is 16.8. The molecule has 33 heavy (non-hydrogen) atoms. The van der Waals surface area contributed by atoms with Gasteiger partial charge in [-0.15, -0.1) is 11.8 Å². The summed E-state index contributed by atoms with van der Waals surface area (Å²) in [7, 11) is 0. The second-order valence-corrected chi connectivity index (χ2v) is 10.3. The largest absolute Gasteiger partial charge is 0.478 e. The van der Waals surface area contributed by atoms with E-state index in [2.05, 4.69) is 26.2 Å². The highest BCUT2D eigenvalue weighted by Gasteiger charge is 2.35. The van der Waals surface area contributed by atoms with Gasteiger partial charge < -0.3 is 15.3 Å². The number of hydrogen-bond acceptors (Lipinski definition) is 5. The Balaban J connectivity index is 1.44. The van der Waals surface area contributed by atoms with Gasteiger partial charge in [0.1, 0.15) is 6.04 Å². The lowest BCUT2D eigenvalue weighted by molar-refractivity contribution is -0.125. The number of carboxylic acid groups (broad SMARTS) is 1. The Bertz CT molecular complexity index is 1270. The summed E-state index contributed by atoms with van der Waals surface area (Å²) in [5.74, 6) is -1.59. The number of aromatic carboxylic acids is 1. The highest BCUT2D eigenvalue weighted by molar-refractivity contribution is 9.10. The molecular weight excluding hydrogens is 530 g/mol. The maximum absolute atomic E-state index is 12.9. The molecule has 1 fully saturated rings. The van der Waals surface area contributed by atoms with Crippen molar-refractivity contribution in [1.82, 2.24) is 10.3 Å². The molecule has 10 heteroatoms. The number of nitrogens with zero attached hydrogens (tertiary/aromatic N) is 2. The zero-order valence-corrected chi connectivity index (χ0v) is 20.6. The Hall–Kier alpha value is -2.62. The number of halogens is 2. The lowest BCUT2D eigenvalue weighted by Crippen LogP contribution is -2.44. The van der Waals surface area contributed by atoms with E-state index in [-0.39, 0.29) is 17.4 Å². The Morgan fingerprint density at radius 2 is 2.06 bits per heavy atom. The number of aromatic nitrogens is 1. The third kappa shape index (κ3) is 5.15. The molecular formula is C23H19BrClN3O4S. The van der Waals surface area contributed by atoms with E-state index in [9.17, 15) is 19.5 Å². The van der Waals surface area contributed by atoms with Gasteiger partial charge in [-0.1, -0.05) is 33.6 Å². The van der Waals surface area contributed by atoms with Crippen LogP contribution in [0.3, 0.4) is 0 Å². The van der Waals surface area contributed by atoms with Gasteiger partial charge in [0.2, 0.25) is 11.8 Å². The van der Waals surface area contributed by atoms with Crippen molar-refractivity contribution in [1.29, 1.82) is 0 Å². The van der Waals surface area contributed by atoms with Crippen molar-refractivity contribution in [3.05, 3.63) is 63.7 Å². The molecule has 2 N–H and O–H groups in total. The van der Waals surface area contributed by atoms with Crippen molar-refractivity contribution in [3.63, 3.8) is 0 Å². The van der Waals surface area contributed by atoms with Crippen molar-refractivity contribution in [3.8, 4) is 0 Å². The minimum absolute atomic E-state index is 0.0792. The summed E-state index contributed by atoms with van der Waals surface area (Å²) in [6.45, 7) is 2.17. The number of amides is 2. The maximum Gasteiger partial charge on any atom is 0.335 e. The predicted molar refractivity (Wildman–Crippen MR) is 132 cm³/mol. The smallest absolute Gasteiger partial charge is 0.335 e. The molecule has 1 aromatic heterocycles. The fraction of sp³-hybridized carbons (Fsp3) is 0.217. The highest BCUT2D eigenvalue weighted by Crippen LogP contribution is 2.32. The Labute approximate surface area is 207 Å². The van der Waals surface area contributed by atoms with E-state index < -0.39 is 17.3 Å². The average molecular weight is 549 g/mol. The summed E-state index contributed by atoms with van der Waals surface area (Å²) in [4.78, 5) is 43.9. The number of rotatable bonds is 6. The molecule has 7 nitrogen and oxygen atoms in total. The number of fused-ring (bicyclic) bond motifs is 1. The molecule has 2 unspecified atom stereocenters. The van der Waals surface area contributed by atoms with Crippen LogP contribution in [0.2, 0.25) is 5.02 Å². The summed E-state index contributed by atoms with van der Waals surface area (Å²) in [6, 6.07) is 11.2. The van der Waals surface area contributed by atoms with Gasteiger partial charge in [-0.05, 0) is 49.7 Å². The summed E-state index contributed by atoms with van der Waals surface area (Å²) in [5.41, 5.74) is 1.31. The number of pyridine rings is 1. The van der Waals surface area contributed by atoms with Crippen LogP contribution in [0.5, 0.6) is 0 Å². The summed E-state index contributed by atoms with van der Waals surface area (Å²) in [5, 5.41) is 13.2. The van der Waals surface area contributed by atoms with Crippen molar-refractivity contribution in [2.45, 2.75) is 29.5 Å². The van der Waals surface area contributed by atoms with Crippen LogP contribution in [-0.2, 0) is 9.59 Å². The minimum Gasteiger partial charge on any atom is -0.478 e. The number of hydrogen-bond donors (Lipinski definition) is 2. The molecule has 3 aromatic rings. The molecule has 0 spiro atoms. The van der Waals surface area contributed by atoms with Crippen molar-refractivity contribution in [2.24, 2.45) is 0 Å². The minimum atomic E-state index is -1.08. The van der Waals surface area contributed by atoms with Crippen LogP contribution in [0, 0.1) is 0 Å². The van der Waals surface area contributed by atoms with Gasteiger partial charge in [0.25, 0.3) is 0 Å². The first-order valence-corrected chi connectivity index (χ1v) is 12.1. The van der Waals surface area contributed by atoms with Gasteiger partial charge in [-0.25, -0.2) is 4.79 Å². The maximum atomic E-state index is 12.9. The fourth-order valence-corrected chi connectivity index (χ4v) is 5.30. The Kier molecular flexibility index (Phi) is 6.92. The molecule has 2 aromatic carbocycles. The number of carboxylic acids is 1. The van der Waals surface area contributed by atoms with Gasteiger partial charge in [0.05, 0.1) is 16.3 Å². The van der Waals surface area contributed by atoms with Gasteiger partial charge in [0, 0.05) is 38.2 Å². The number of benzene rings is 2. The first-order chi connectivity index (χ1) is 15.7. The highest BCUT2D eigenvalue weighted by atomic mass is 79.9. The summed E-state index contributed by atoms with van der Waals surface area (Å²) >= 11 is 10.7. The van der Waals surface area contributed by atoms with E-state index in [1.54, 1.807) is 31.3 Å². The quantitative estimate of drug-likeness (QED) is 0.431. The molecule has 0 saturated carbocycles. The number of anilines is 1. The van der Waals surface area contributed by atoms with Crippen LogP contribution >= 0.6 is 39.3 Å². The Morgan fingerprint density at radius 3 is 2.82 bits per heavy atom. The van der Waals surface area contributed by atoms with Gasteiger partial charge >= 0.3 is 5.97 Å². The lowest BCUT2D eigenvalue weighted by Gasteiger charge is -2.19. The molecule has 0 bridgehead atoms. The van der Waals surface area contributed by atoms with Crippen LogP contribution in [0.25, 0.3) is 10.9 Å². The van der Waals surface area contributed by atoms with E-state index >= 15 is 0 Å². The molecule has 2 amide bonds. The molecule has 0 radical (unpaired) electrons. The lowest BCUT2D eigenvalue weighted by atomic mass is 10.2. The molecule has 2 heterocycles. The van der Waals surface area contributed by atoms with Gasteiger partial charge in [0.15, 0.2) is 0 Å². The third-order valence-corrected chi connectivity index (χ3v) is 7.17. The van der Waals surface area contributed by atoms with E-state index in [0.29, 0.717) is 28.1 Å². The number of nitrogens with one attached hydrogen (secondary N) is 1. The van der Waals surface area contributed by atoms with Crippen molar-refractivity contribution < 1.29 is 19.5 Å². The average Bonchev–Trinajstić information content (AvgIpc) is 3.13. The van der Waals surface area contributed by atoms with E-state index in [1.165, 1.54) is 28.8 Å². The molecule has 2 atom stereocenters. The zero-order valence-electron chi connectivity index (χ0n) is 17.4. The molecule has 4 rings (SSSR count). The second kappa shape index (κ2) is 9.70. The van der Waals surface area contributed by atoms with Crippen molar-refractivity contribution in [2.75, 3.05) is 11.4 Å². The zero-order chi connectivity index (χ0) is 23.7. The molecule has 1 saturated heterocycles. The summed E-state index contributed by atoms with van der Waals surface area (Å²) < 4.78 is 0.563. The van der Waals surface area contributed by atoms with E-state index in [1.807, 2.05) is 12.1 Å². The number of thioether (sulfide) groups is 1. The monoisotopic (exact) mass is 547 g/mol.